The highest BCUT2D eigenvalue weighted by Crippen LogP contribution is 2.16. The third-order valence-electron chi connectivity index (χ3n) is 3.83. The van der Waals surface area contributed by atoms with Crippen LogP contribution >= 0.6 is 35.3 Å². The van der Waals surface area contributed by atoms with Gasteiger partial charge < -0.3 is 10.6 Å². The van der Waals surface area contributed by atoms with Gasteiger partial charge in [0.15, 0.2) is 5.96 Å². The van der Waals surface area contributed by atoms with Crippen LogP contribution in [0.15, 0.2) is 34.2 Å². The van der Waals surface area contributed by atoms with Gasteiger partial charge in [0.05, 0.1) is 17.1 Å². The number of sulfonamides is 1. The summed E-state index contributed by atoms with van der Waals surface area (Å²) in [6.07, 6.45) is 0. The predicted octanol–water partition coefficient (Wildman–Crippen LogP) is 2.72. The lowest BCUT2D eigenvalue weighted by molar-refractivity contribution is 0.580. The highest BCUT2D eigenvalue weighted by Gasteiger charge is 2.12. The molecule has 7 nitrogen and oxygen atoms in total. The van der Waals surface area contributed by atoms with Crippen molar-refractivity contribution in [3.63, 3.8) is 0 Å². The van der Waals surface area contributed by atoms with Gasteiger partial charge >= 0.3 is 0 Å². The number of aromatic nitrogens is 1. The van der Waals surface area contributed by atoms with E-state index in [4.69, 9.17) is 0 Å². The van der Waals surface area contributed by atoms with E-state index in [2.05, 4.69) is 25.3 Å². The molecule has 0 saturated heterocycles. The molecule has 0 unspecified atom stereocenters. The Hall–Kier alpha value is -1.24. The molecule has 10 heteroatoms. The van der Waals surface area contributed by atoms with Crippen molar-refractivity contribution in [3.05, 3.63) is 45.4 Å². The molecule has 28 heavy (non-hydrogen) atoms. The summed E-state index contributed by atoms with van der Waals surface area (Å²) in [5.74, 6) is 0.637. The number of guanidine groups is 1. The first kappa shape index (κ1) is 24.8. The van der Waals surface area contributed by atoms with Gasteiger partial charge in [-0.25, -0.2) is 23.1 Å². The SMILES string of the molecule is CCNC(=NCc1nc(C)c(C)s1)NCCNS(=O)(=O)c1ccc(C)cc1.I. The summed E-state index contributed by atoms with van der Waals surface area (Å²) in [6, 6.07) is 6.78. The van der Waals surface area contributed by atoms with Crippen molar-refractivity contribution in [2.45, 2.75) is 39.1 Å². The summed E-state index contributed by atoms with van der Waals surface area (Å²) in [7, 11) is -3.50. The lowest BCUT2D eigenvalue weighted by Gasteiger charge is -2.12. The number of halogens is 1. The van der Waals surface area contributed by atoms with Crippen molar-refractivity contribution in [1.82, 2.24) is 20.3 Å². The lowest BCUT2D eigenvalue weighted by Crippen LogP contribution is -2.41. The Bertz CT molecular complexity index is 860. The fraction of sp³-hybridized carbons (Fsp3) is 0.444. The molecule has 0 aliphatic carbocycles. The molecule has 1 aromatic carbocycles. The van der Waals surface area contributed by atoms with Crippen LogP contribution in [0.25, 0.3) is 0 Å². The molecule has 1 heterocycles. The topological polar surface area (TPSA) is 95.5 Å². The van der Waals surface area contributed by atoms with Crippen molar-refractivity contribution >= 4 is 51.3 Å². The van der Waals surface area contributed by atoms with E-state index in [9.17, 15) is 8.42 Å². The van der Waals surface area contributed by atoms with Crippen molar-refractivity contribution in [2.75, 3.05) is 19.6 Å². The van der Waals surface area contributed by atoms with Gasteiger partial charge in [0, 0.05) is 24.5 Å². The third-order valence-corrected chi connectivity index (χ3v) is 6.36. The van der Waals surface area contributed by atoms with E-state index in [-0.39, 0.29) is 35.4 Å². The Morgan fingerprint density at radius 3 is 2.36 bits per heavy atom. The summed E-state index contributed by atoms with van der Waals surface area (Å²) >= 11 is 1.64. The van der Waals surface area contributed by atoms with E-state index in [1.54, 1.807) is 35.6 Å². The first-order valence-corrected chi connectivity index (χ1v) is 11.1. The van der Waals surface area contributed by atoms with Gasteiger partial charge in [-0.1, -0.05) is 17.7 Å². The Kier molecular flexibility index (Phi) is 10.4. The molecule has 0 aliphatic heterocycles. The molecule has 0 saturated carbocycles. The highest BCUT2D eigenvalue weighted by atomic mass is 127. The first-order valence-electron chi connectivity index (χ1n) is 8.83. The summed E-state index contributed by atoms with van der Waals surface area (Å²) in [5.41, 5.74) is 2.06. The maximum Gasteiger partial charge on any atom is 0.240 e. The molecular formula is C18H28IN5O2S2. The monoisotopic (exact) mass is 537 g/mol. The number of hydrogen-bond acceptors (Lipinski definition) is 5. The number of aryl methyl sites for hydroxylation is 3. The molecule has 0 atom stereocenters. The van der Waals surface area contributed by atoms with Crippen LogP contribution in [0, 0.1) is 20.8 Å². The van der Waals surface area contributed by atoms with Crippen LogP contribution in [0.3, 0.4) is 0 Å². The van der Waals surface area contributed by atoms with E-state index in [1.165, 1.54) is 4.88 Å². The molecule has 1 aromatic heterocycles. The normalized spacial score (nSPS) is 11.8. The molecule has 3 N–H and O–H groups in total. The molecule has 0 bridgehead atoms. The van der Waals surface area contributed by atoms with Crippen LogP contribution in [0.4, 0.5) is 0 Å². The number of nitrogens with zero attached hydrogens (tertiary/aromatic N) is 2. The van der Waals surface area contributed by atoms with Crippen LogP contribution < -0.4 is 15.4 Å². The minimum atomic E-state index is -3.50. The second-order valence-corrected chi connectivity index (χ2v) is 9.14. The maximum absolute atomic E-state index is 12.3. The minimum absolute atomic E-state index is 0. The summed E-state index contributed by atoms with van der Waals surface area (Å²) in [6.45, 7) is 9.83. The van der Waals surface area contributed by atoms with Crippen LogP contribution in [-0.4, -0.2) is 39.0 Å². The zero-order chi connectivity index (χ0) is 19.9. The van der Waals surface area contributed by atoms with E-state index in [0.717, 1.165) is 22.8 Å². The fourth-order valence-electron chi connectivity index (χ4n) is 2.26. The van der Waals surface area contributed by atoms with Crippen molar-refractivity contribution in [2.24, 2.45) is 4.99 Å². The number of nitrogens with one attached hydrogen (secondary N) is 3. The van der Waals surface area contributed by atoms with Gasteiger partial charge in [-0.05, 0) is 39.8 Å². The molecule has 156 valence electrons. The van der Waals surface area contributed by atoms with E-state index in [0.29, 0.717) is 19.0 Å². The molecule has 0 fully saturated rings. The number of benzene rings is 1. The summed E-state index contributed by atoms with van der Waals surface area (Å²) in [4.78, 5) is 10.4. The Labute approximate surface area is 188 Å². The average Bonchev–Trinajstić information content (AvgIpc) is 2.94. The second-order valence-electron chi connectivity index (χ2n) is 6.08. The van der Waals surface area contributed by atoms with E-state index < -0.39 is 10.0 Å². The largest absolute Gasteiger partial charge is 0.357 e. The molecule has 2 rings (SSSR count). The lowest BCUT2D eigenvalue weighted by atomic mass is 10.2. The van der Waals surface area contributed by atoms with E-state index >= 15 is 0 Å². The van der Waals surface area contributed by atoms with Gasteiger partial charge in [0.1, 0.15) is 5.01 Å². The maximum atomic E-state index is 12.3. The van der Waals surface area contributed by atoms with Crippen molar-refractivity contribution in [1.29, 1.82) is 0 Å². The zero-order valence-electron chi connectivity index (χ0n) is 16.6. The summed E-state index contributed by atoms with van der Waals surface area (Å²) < 4.78 is 27.1. The second kappa shape index (κ2) is 11.7. The zero-order valence-corrected chi connectivity index (χ0v) is 20.5. The highest BCUT2D eigenvalue weighted by molar-refractivity contribution is 14.0. The van der Waals surface area contributed by atoms with Crippen LogP contribution in [0.2, 0.25) is 0 Å². The Morgan fingerprint density at radius 1 is 1.11 bits per heavy atom. The van der Waals surface area contributed by atoms with Crippen molar-refractivity contribution < 1.29 is 8.42 Å². The van der Waals surface area contributed by atoms with Gasteiger partial charge in [-0.2, -0.15) is 0 Å². The minimum Gasteiger partial charge on any atom is -0.357 e. The van der Waals surface area contributed by atoms with Gasteiger partial charge in [-0.15, -0.1) is 35.3 Å². The standard InChI is InChI=1S/C18H27N5O2S2.HI/c1-5-19-18(21-12-17-23-14(3)15(4)26-17)20-10-11-22-27(24,25)16-8-6-13(2)7-9-16;/h6-9,22H,5,10-12H2,1-4H3,(H2,19,20,21);1H. The number of hydrogen-bond donors (Lipinski definition) is 3. The molecule has 0 aliphatic rings. The fourth-order valence-corrected chi connectivity index (χ4v) is 4.15. The molecule has 0 amide bonds. The van der Waals surface area contributed by atoms with Gasteiger partial charge in [-0.3, -0.25) is 0 Å². The molecule has 0 radical (unpaired) electrons. The summed E-state index contributed by atoms with van der Waals surface area (Å²) in [5, 5.41) is 7.24. The van der Waals surface area contributed by atoms with E-state index in [1.807, 2.05) is 27.7 Å². The van der Waals surface area contributed by atoms with Gasteiger partial charge in [0.25, 0.3) is 0 Å². The van der Waals surface area contributed by atoms with Crippen LogP contribution in [-0.2, 0) is 16.6 Å². The third kappa shape index (κ3) is 7.64. The number of thiazole rings is 1. The molecule has 0 spiro atoms. The van der Waals surface area contributed by atoms with Gasteiger partial charge in [0.2, 0.25) is 10.0 Å². The molecular weight excluding hydrogens is 509 g/mol. The Morgan fingerprint density at radius 2 is 1.79 bits per heavy atom. The first-order chi connectivity index (χ1) is 12.8. The van der Waals surface area contributed by atoms with Crippen LogP contribution in [0.1, 0.15) is 28.1 Å². The van der Waals surface area contributed by atoms with Crippen molar-refractivity contribution in [3.8, 4) is 0 Å². The van der Waals surface area contributed by atoms with Crippen LogP contribution in [0.5, 0.6) is 0 Å². The number of rotatable bonds is 8. The average molecular weight is 537 g/mol. The molecule has 2 aromatic rings. The Balaban J connectivity index is 0.00000392. The quantitative estimate of drug-likeness (QED) is 0.208. The predicted molar refractivity (Wildman–Crippen MR) is 126 cm³/mol. The smallest absolute Gasteiger partial charge is 0.240 e. The number of aliphatic imine (C=N–C) groups is 1.